The molecule has 19 heavy (non-hydrogen) atoms. The summed E-state index contributed by atoms with van der Waals surface area (Å²) in [7, 11) is -6.99. The van der Waals surface area contributed by atoms with Crippen LogP contribution in [0.4, 0.5) is 5.69 Å². The Hall–Kier alpha value is -1.12. The summed E-state index contributed by atoms with van der Waals surface area (Å²) >= 11 is 0. The zero-order chi connectivity index (χ0) is 14.8. The highest BCUT2D eigenvalue weighted by Gasteiger charge is 2.21. The van der Waals surface area contributed by atoms with Gasteiger partial charge in [0.1, 0.15) is 9.84 Å². The number of hydrogen-bond acceptors (Lipinski definition) is 5. The van der Waals surface area contributed by atoms with Crippen molar-refractivity contribution in [3.63, 3.8) is 0 Å². The smallest absolute Gasteiger partial charge is 0.241 e. The van der Waals surface area contributed by atoms with Crippen molar-refractivity contribution in [2.24, 2.45) is 0 Å². The Labute approximate surface area is 114 Å². The largest absolute Gasteiger partial charge is 0.399 e. The monoisotopic (exact) mass is 306 g/mol. The molecule has 0 aliphatic heterocycles. The van der Waals surface area contributed by atoms with E-state index in [1.165, 1.54) is 19.1 Å². The van der Waals surface area contributed by atoms with Crippen molar-refractivity contribution in [1.29, 1.82) is 0 Å². The van der Waals surface area contributed by atoms with Gasteiger partial charge in [0.15, 0.2) is 0 Å². The fourth-order valence-electron chi connectivity index (χ4n) is 1.79. The molecule has 1 rings (SSSR count). The number of nitrogen functional groups attached to an aromatic ring is 1. The second kappa shape index (κ2) is 5.48. The third-order valence-corrected chi connectivity index (χ3v) is 5.25. The number of aryl methyl sites for hydroxylation is 1. The van der Waals surface area contributed by atoms with Crippen molar-refractivity contribution in [2.45, 2.75) is 24.8 Å². The molecule has 1 unspecified atom stereocenters. The minimum absolute atomic E-state index is 0.0991. The maximum atomic E-state index is 12.1. The van der Waals surface area contributed by atoms with Crippen LogP contribution in [0.15, 0.2) is 23.1 Å². The van der Waals surface area contributed by atoms with Crippen LogP contribution in [0, 0.1) is 6.92 Å². The molecular weight excluding hydrogens is 288 g/mol. The standard InChI is InChI=1S/C11H18N2O4S2/c1-8-6-10(12)4-5-11(8)19(16,17)13-9(2)7-18(3,14)15/h4-6,9,13H,7,12H2,1-3H3. The minimum atomic E-state index is -3.75. The summed E-state index contributed by atoms with van der Waals surface area (Å²) in [6.45, 7) is 3.14. The van der Waals surface area contributed by atoms with Gasteiger partial charge >= 0.3 is 0 Å². The average molecular weight is 306 g/mol. The van der Waals surface area contributed by atoms with Crippen LogP contribution < -0.4 is 10.5 Å². The van der Waals surface area contributed by atoms with E-state index in [-0.39, 0.29) is 10.6 Å². The number of sulfone groups is 1. The van der Waals surface area contributed by atoms with Crippen LogP contribution in [0.5, 0.6) is 0 Å². The molecule has 0 radical (unpaired) electrons. The van der Waals surface area contributed by atoms with Crippen LogP contribution in [-0.2, 0) is 19.9 Å². The van der Waals surface area contributed by atoms with Gasteiger partial charge in [-0.15, -0.1) is 0 Å². The van der Waals surface area contributed by atoms with Crippen LogP contribution in [0.2, 0.25) is 0 Å². The van der Waals surface area contributed by atoms with Crippen molar-refractivity contribution in [3.05, 3.63) is 23.8 Å². The molecule has 0 heterocycles. The molecule has 1 aromatic carbocycles. The molecule has 0 amide bonds. The Morgan fingerprint density at radius 2 is 1.84 bits per heavy atom. The molecule has 0 bridgehead atoms. The third kappa shape index (κ3) is 4.81. The van der Waals surface area contributed by atoms with Crippen LogP contribution in [0.25, 0.3) is 0 Å². The van der Waals surface area contributed by atoms with Gasteiger partial charge in [-0.05, 0) is 37.6 Å². The van der Waals surface area contributed by atoms with Gasteiger partial charge in [0.05, 0.1) is 10.6 Å². The molecule has 0 saturated carbocycles. The molecule has 0 aromatic heterocycles. The van der Waals surface area contributed by atoms with Gasteiger partial charge < -0.3 is 5.73 Å². The zero-order valence-electron chi connectivity index (χ0n) is 11.0. The van der Waals surface area contributed by atoms with E-state index in [0.717, 1.165) is 6.26 Å². The van der Waals surface area contributed by atoms with Gasteiger partial charge in [0.25, 0.3) is 0 Å². The average Bonchev–Trinajstić information content (AvgIpc) is 2.11. The first kappa shape index (κ1) is 15.9. The Kier molecular flexibility index (Phi) is 4.59. The molecule has 1 aromatic rings. The summed E-state index contributed by atoms with van der Waals surface area (Å²) in [4.78, 5) is 0.0991. The number of hydrogen-bond donors (Lipinski definition) is 2. The summed E-state index contributed by atoms with van der Waals surface area (Å²) in [5.41, 5.74) is 6.55. The van der Waals surface area contributed by atoms with Gasteiger partial charge in [-0.25, -0.2) is 21.6 Å². The summed E-state index contributed by atoms with van der Waals surface area (Å²) in [5.74, 6) is -0.250. The van der Waals surface area contributed by atoms with Crippen LogP contribution >= 0.6 is 0 Å². The molecule has 3 N–H and O–H groups in total. The molecular formula is C11H18N2O4S2. The Morgan fingerprint density at radius 1 is 1.26 bits per heavy atom. The van der Waals surface area contributed by atoms with E-state index in [1.54, 1.807) is 13.0 Å². The molecule has 1 atom stereocenters. The normalized spacial score (nSPS) is 14.3. The lowest BCUT2D eigenvalue weighted by atomic mass is 10.2. The van der Waals surface area contributed by atoms with Crippen molar-refractivity contribution in [1.82, 2.24) is 4.72 Å². The van der Waals surface area contributed by atoms with Crippen LogP contribution in [-0.4, -0.2) is 34.9 Å². The molecule has 0 spiro atoms. The van der Waals surface area contributed by atoms with Crippen molar-refractivity contribution < 1.29 is 16.8 Å². The fourth-order valence-corrected chi connectivity index (χ4v) is 4.36. The minimum Gasteiger partial charge on any atom is -0.399 e. The third-order valence-electron chi connectivity index (χ3n) is 2.40. The quantitative estimate of drug-likeness (QED) is 0.760. The van der Waals surface area contributed by atoms with Gasteiger partial charge in [-0.1, -0.05) is 0 Å². The highest BCUT2D eigenvalue weighted by Crippen LogP contribution is 2.18. The maximum absolute atomic E-state index is 12.1. The summed E-state index contributed by atoms with van der Waals surface area (Å²) in [6.07, 6.45) is 1.06. The lowest BCUT2D eigenvalue weighted by Gasteiger charge is -2.14. The summed E-state index contributed by atoms with van der Waals surface area (Å²) in [5, 5.41) is 0. The SMILES string of the molecule is Cc1cc(N)ccc1S(=O)(=O)NC(C)CS(C)(=O)=O. The second-order valence-corrected chi connectivity index (χ2v) is 8.51. The summed E-state index contributed by atoms with van der Waals surface area (Å²) < 4.78 is 48.8. The Bertz CT molecular complexity index is 666. The number of anilines is 1. The van der Waals surface area contributed by atoms with Crippen LogP contribution in [0.1, 0.15) is 12.5 Å². The predicted octanol–water partition coefficient (Wildman–Crippen LogP) is 0.289. The molecule has 6 nitrogen and oxygen atoms in total. The first-order chi connectivity index (χ1) is 8.51. The van der Waals surface area contributed by atoms with Crippen molar-refractivity contribution >= 4 is 25.5 Å². The van der Waals surface area contributed by atoms with Crippen LogP contribution in [0.3, 0.4) is 0 Å². The highest BCUT2D eigenvalue weighted by molar-refractivity contribution is 7.91. The highest BCUT2D eigenvalue weighted by atomic mass is 32.2. The first-order valence-corrected chi connectivity index (χ1v) is 9.12. The first-order valence-electron chi connectivity index (χ1n) is 5.57. The number of sulfonamides is 1. The molecule has 8 heteroatoms. The topological polar surface area (TPSA) is 106 Å². The molecule has 0 aliphatic rings. The fraction of sp³-hybridized carbons (Fsp3) is 0.455. The maximum Gasteiger partial charge on any atom is 0.241 e. The van der Waals surface area contributed by atoms with Gasteiger partial charge in [-0.3, -0.25) is 0 Å². The van der Waals surface area contributed by atoms with E-state index in [0.29, 0.717) is 11.3 Å². The lowest BCUT2D eigenvalue weighted by molar-refractivity contribution is 0.564. The molecule has 0 aliphatic carbocycles. The second-order valence-electron chi connectivity index (χ2n) is 4.64. The van der Waals surface area contributed by atoms with Gasteiger partial charge in [0, 0.05) is 18.0 Å². The van der Waals surface area contributed by atoms with E-state index in [9.17, 15) is 16.8 Å². The van der Waals surface area contributed by atoms with E-state index in [1.807, 2.05) is 0 Å². The predicted molar refractivity (Wildman–Crippen MR) is 75.1 cm³/mol. The number of benzene rings is 1. The molecule has 108 valence electrons. The number of rotatable bonds is 5. The zero-order valence-corrected chi connectivity index (χ0v) is 12.7. The number of nitrogens with two attached hydrogens (primary N) is 1. The van der Waals surface area contributed by atoms with E-state index in [4.69, 9.17) is 5.73 Å². The molecule has 0 fully saturated rings. The molecule has 0 saturated heterocycles. The summed E-state index contributed by atoms with van der Waals surface area (Å²) in [6, 6.07) is 3.75. The van der Waals surface area contributed by atoms with Crippen molar-refractivity contribution in [2.75, 3.05) is 17.7 Å². The number of nitrogens with one attached hydrogen (secondary N) is 1. The van der Waals surface area contributed by atoms with Gasteiger partial charge in [-0.2, -0.15) is 0 Å². The Balaban J connectivity index is 2.99. The van der Waals surface area contributed by atoms with E-state index >= 15 is 0 Å². The van der Waals surface area contributed by atoms with Crippen molar-refractivity contribution in [3.8, 4) is 0 Å². The van der Waals surface area contributed by atoms with Gasteiger partial charge in [0.2, 0.25) is 10.0 Å². The van der Waals surface area contributed by atoms with E-state index in [2.05, 4.69) is 4.72 Å². The van der Waals surface area contributed by atoms with E-state index < -0.39 is 25.9 Å². The Morgan fingerprint density at radius 3 is 2.32 bits per heavy atom. The lowest BCUT2D eigenvalue weighted by Crippen LogP contribution is -2.37.